The van der Waals surface area contributed by atoms with Crippen LogP contribution in [-0.4, -0.2) is 22.5 Å². The lowest BCUT2D eigenvalue weighted by molar-refractivity contribution is 0.0975. The normalized spacial score (nSPS) is 11.3. The SMILES string of the molecule is C=C(Cn1cnc2oc(C(N)=O)c(C)c2c1=O)N=NC. The number of hydrogen-bond donors (Lipinski definition) is 1. The zero-order valence-electron chi connectivity index (χ0n) is 11.1. The van der Waals surface area contributed by atoms with Crippen molar-refractivity contribution in [3.63, 3.8) is 0 Å². The number of aromatic nitrogens is 2. The van der Waals surface area contributed by atoms with E-state index < -0.39 is 5.91 Å². The second kappa shape index (κ2) is 5.08. The summed E-state index contributed by atoms with van der Waals surface area (Å²) in [4.78, 5) is 27.5. The van der Waals surface area contributed by atoms with Gasteiger partial charge in [-0.2, -0.15) is 10.2 Å². The number of carbonyl (C=O) groups is 1. The van der Waals surface area contributed by atoms with E-state index in [2.05, 4.69) is 21.8 Å². The molecule has 0 saturated carbocycles. The van der Waals surface area contributed by atoms with Crippen LogP contribution in [0.2, 0.25) is 0 Å². The molecule has 2 aromatic rings. The molecule has 0 spiro atoms. The zero-order chi connectivity index (χ0) is 14.9. The van der Waals surface area contributed by atoms with Gasteiger partial charge >= 0.3 is 0 Å². The van der Waals surface area contributed by atoms with E-state index in [1.54, 1.807) is 6.92 Å². The highest BCUT2D eigenvalue weighted by molar-refractivity contribution is 5.96. The molecule has 0 aliphatic heterocycles. The number of carbonyl (C=O) groups excluding carboxylic acids is 1. The van der Waals surface area contributed by atoms with Gasteiger partial charge in [0.05, 0.1) is 12.2 Å². The summed E-state index contributed by atoms with van der Waals surface area (Å²) in [6.07, 6.45) is 1.30. The molecule has 2 heterocycles. The molecular formula is C12H13N5O3. The molecule has 0 bridgehead atoms. The molecular weight excluding hydrogens is 262 g/mol. The van der Waals surface area contributed by atoms with Crippen molar-refractivity contribution in [3.8, 4) is 0 Å². The first-order chi connectivity index (χ1) is 9.45. The third-order valence-electron chi connectivity index (χ3n) is 2.74. The standard InChI is InChI=1S/C12H13N5O3/c1-6(16-14-3)4-17-5-15-11-8(12(17)19)7(2)9(20-11)10(13)18/h5H,1,4H2,2-3H3,(H2,13,18). The van der Waals surface area contributed by atoms with Gasteiger partial charge in [-0.1, -0.05) is 6.58 Å². The maximum absolute atomic E-state index is 12.3. The Kier molecular flexibility index (Phi) is 3.47. The number of hydrogen-bond acceptors (Lipinski definition) is 6. The van der Waals surface area contributed by atoms with Crippen molar-refractivity contribution in [2.24, 2.45) is 16.0 Å². The Balaban J connectivity index is 2.59. The van der Waals surface area contributed by atoms with Gasteiger partial charge in [-0.15, -0.1) is 0 Å². The van der Waals surface area contributed by atoms with Crippen LogP contribution in [0.1, 0.15) is 16.1 Å². The lowest BCUT2D eigenvalue weighted by atomic mass is 10.2. The number of rotatable bonds is 4. The number of amides is 1. The lowest BCUT2D eigenvalue weighted by Gasteiger charge is -2.03. The molecule has 0 unspecified atom stereocenters. The molecule has 2 rings (SSSR count). The molecule has 8 nitrogen and oxygen atoms in total. The molecule has 0 aliphatic carbocycles. The Labute approximate surface area is 113 Å². The molecule has 2 aromatic heterocycles. The van der Waals surface area contributed by atoms with E-state index in [1.807, 2.05) is 0 Å². The van der Waals surface area contributed by atoms with Gasteiger partial charge in [-0.25, -0.2) is 4.98 Å². The summed E-state index contributed by atoms with van der Waals surface area (Å²) in [6.45, 7) is 5.40. The van der Waals surface area contributed by atoms with Crippen LogP contribution in [0.4, 0.5) is 0 Å². The van der Waals surface area contributed by atoms with Crippen molar-refractivity contribution in [3.05, 3.63) is 40.3 Å². The second-order valence-corrected chi connectivity index (χ2v) is 4.14. The molecule has 20 heavy (non-hydrogen) atoms. The maximum atomic E-state index is 12.3. The van der Waals surface area contributed by atoms with E-state index in [1.165, 1.54) is 17.9 Å². The largest absolute Gasteiger partial charge is 0.432 e. The summed E-state index contributed by atoms with van der Waals surface area (Å²) in [5.74, 6) is -0.801. The van der Waals surface area contributed by atoms with E-state index in [0.29, 0.717) is 11.3 Å². The molecule has 0 saturated heterocycles. The van der Waals surface area contributed by atoms with Crippen LogP contribution in [0.5, 0.6) is 0 Å². The van der Waals surface area contributed by atoms with Crippen molar-refractivity contribution in [1.29, 1.82) is 0 Å². The summed E-state index contributed by atoms with van der Waals surface area (Å²) in [5.41, 5.74) is 5.70. The number of azo groups is 1. The topological polar surface area (TPSA) is 116 Å². The summed E-state index contributed by atoms with van der Waals surface area (Å²) >= 11 is 0. The molecule has 1 amide bonds. The third-order valence-corrected chi connectivity index (χ3v) is 2.74. The number of allylic oxidation sites excluding steroid dienone is 1. The van der Waals surface area contributed by atoms with E-state index >= 15 is 0 Å². The zero-order valence-corrected chi connectivity index (χ0v) is 11.1. The van der Waals surface area contributed by atoms with Gasteiger partial charge < -0.3 is 10.2 Å². The smallest absolute Gasteiger partial charge is 0.284 e. The summed E-state index contributed by atoms with van der Waals surface area (Å²) in [5, 5.41) is 7.55. The number of aryl methyl sites for hydroxylation is 1. The quantitative estimate of drug-likeness (QED) is 0.837. The van der Waals surface area contributed by atoms with Crippen LogP contribution < -0.4 is 11.3 Å². The van der Waals surface area contributed by atoms with Crippen molar-refractivity contribution >= 4 is 17.0 Å². The fourth-order valence-electron chi connectivity index (χ4n) is 1.88. The van der Waals surface area contributed by atoms with Gasteiger partial charge in [-0.05, 0) is 6.92 Å². The molecule has 0 aromatic carbocycles. The van der Waals surface area contributed by atoms with Crippen LogP contribution in [-0.2, 0) is 6.54 Å². The van der Waals surface area contributed by atoms with Gasteiger partial charge in [0, 0.05) is 12.6 Å². The fourth-order valence-corrected chi connectivity index (χ4v) is 1.88. The van der Waals surface area contributed by atoms with Crippen LogP contribution in [0.3, 0.4) is 0 Å². The van der Waals surface area contributed by atoms with Crippen LogP contribution in [0, 0.1) is 6.92 Å². The highest BCUT2D eigenvalue weighted by atomic mass is 16.4. The van der Waals surface area contributed by atoms with Gasteiger partial charge in [0.2, 0.25) is 5.71 Å². The number of primary amides is 1. The third kappa shape index (κ3) is 2.22. The van der Waals surface area contributed by atoms with Gasteiger partial charge in [0.1, 0.15) is 11.7 Å². The first kappa shape index (κ1) is 13.7. The number of nitrogens with zero attached hydrogens (tertiary/aromatic N) is 4. The summed E-state index contributed by atoms with van der Waals surface area (Å²) in [7, 11) is 1.51. The van der Waals surface area contributed by atoms with E-state index in [0.717, 1.165) is 0 Å². The van der Waals surface area contributed by atoms with Gasteiger partial charge in [0.15, 0.2) is 5.76 Å². The average Bonchev–Trinajstić information content (AvgIpc) is 2.71. The van der Waals surface area contributed by atoms with Crippen molar-refractivity contribution in [1.82, 2.24) is 9.55 Å². The average molecular weight is 275 g/mol. The van der Waals surface area contributed by atoms with Crippen LogP contribution in [0.15, 0.2) is 38.0 Å². The molecule has 2 N–H and O–H groups in total. The minimum absolute atomic E-state index is 0.0607. The molecule has 0 aliphatic rings. The molecule has 0 radical (unpaired) electrons. The van der Waals surface area contributed by atoms with Crippen LogP contribution >= 0.6 is 0 Å². The predicted molar refractivity (Wildman–Crippen MR) is 71.4 cm³/mol. The monoisotopic (exact) mass is 275 g/mol. The molecule has 104 valence electrons. The predicted octanol–water partition coefficient (Wildman–Crippen LogP) is 0.993. The van der Waals surface area contributed by atoms with Crippen molar-refractivity contribution in [2.75, 3.05) is 7.05 Å². The first-order valence-corrected chi connectivity index (χ1v) is 5.71. The van der Waals surface area contributed by atoms with Crippen molar-refractivity contribution < 1.29 is 9.21 Å². The highest BCUT2D eigenvalue weighted by Gasteiger charge is 2.19. The number of fused-ring (bicyclic) bond motifs is 1. The number of furan rings is 1. The van der Waals surface area contributed by atoms with Gasteiger partial charge in [-0.3, -0.25) is 14.2 Å². The van der Waals surface area contributed by atoms with Crippen LogP contribution in [0.25, 0.3) is 11.1 Å². The molecule has 0 fully saturated rings. The minimum atomic E-state index is -0.740. The lowest BCUT2D eigenvalue weighted by Crippen LogP contribution is -2.21. The fraction of sp³-hybridized carbons (Fsp3) is 0.250. The van der Waals surface area contributed by atoms with E-state index in [9.17, 15) is 9.59 Å². The maximum Gasteiger partial charge on any atom is 0.284 e. The minimum Gasteiger partial charge on any atom is -0.432 e. The Morgan fingerprint density at radius 2 is 2.30 bits per heavy atom. The second-order valence-electron chi connectivity index (χ2n) is 4.14. The Morgan fingerprint density at radius 1 is 1.60 bits per heavy atom. The van der Waals surface area contributed by atoms with Crippen molar-refractivity contribution in [2.45, 2.75) is 13.5 Å². The number of nitrogens with two attached hydrogens (primary N) is 1. The highest BCUT2D eigenvalue weighted by Crippen LogP contribution is 2.19. The first-order valence-electron chi connectivity index (χ1n) is 5.71. The molecule has 0 atom stereocenters. The van der Waals surface area contributed by atoms with Gasteiger partial charge in [0.25, 0.3) is 11.5 Å². The summed E-state index contributed by atoms with van der Waals surface area (Å²) in [6, 6.07) is 0. The molecule has 8 heteroatoms. The Morgan fingerprint density at radius 3 is 2.90 bits per heavy atom. The summed E-state index contributed by atoms with van der Waals surface area (Å²) < 4.78 is 6.50. The Bertz CT molecular complexity index is 784. The van der Waals surface area contributed by atoms with E-state index in [-0.39, 0.29) is 29.0 Å². The van der Waals surface area contributed by atoms with E-state index in [4.69, 9.17) is 10.2 Å². The Hall–Kier alpha value is -2.77.